The predicted octanol–water partition coefficient (Wildman–Crippen LogP) is 5.89. The molecule has 1 unspecified atom stereocenters. The second-order valence-corrected chi connectivity index (χ2v) is 12.7. The molecule has 0 bridgehead atoms. The van der Waals surface area contributed by atoms with E-state index in [0.29, 0.717) is 17.9 Å². The van der Waals surface area contributed by atoms with Gasteiger partial charge < -0.3 is 10.2 Å². The van der Waals surface area contributed by atoms with Crippen molar-refractivity contribution in [1.82, 2.24) is 0 Å². The molecule has 4 heteroatoms. The van der Waals surface area contributed by atoms with E-state index >= 15 is 0 Å². The number of rotatable bonds is 5. The van der Waals surface area contributed by atoms with Gasteiger partial charge in [0.05, 0.1) is 11.7 Å². The summed E-state index contributed by atoms with van der Waals surface area (Å²) in [5.74, 6) is 0.581. The van der Waals surface area contributed by atoms with Gasteiger partial charge in [0.15, 0.2) is 11.6 Å². The maximum absolute atomic E-state index is 13.4. The molecule has 0 heterocycles. The van der Waals surface area contributed by atoms with Gasteiger partial charge in [0, 0.05) is 23.0 Å². The largest absolute Gasteiger partial charge is 0.393 e. The third-order valence-electron chi connectivity index (χ3n) is 9.37. The minimum atomic E-state index is -0.882. The zero-order valence-corrected chi connectivity index (χ0v) is 22.4. The van der Waals surface area contributed by atoms with Crippen LogP contribution < -0.4 is 0 Å². The molecular weight excluding hydrogens is 424 g/mol. The summed E-state index contributed by atoms with van der Waals surface area (Å²) in [5.41, 5.74) is 0.841. The van der Waals surface area contributed by atoms with Gasteiger partial charge in [-0.15, -0.1) is 0 Å². The average Bonchev–Trinajstić information content (AvgIpc) is 2.99. The molecule has 3 saturated carbocycles. The van der Waals surface area contributed by atoms with Crippen molar-refractivity contribution in [3.8, 4) is 0 Å². The molecule has 0 spiro atoms. The Balaban J connectivity index is 1.89. The number of hydrogen-bond acceptors (Lipinski definition) is 4. The molecule has 3 aliphatic rings. The van der Waals surface area contributed by atoms with Crippen LogP contribution in [0, 0.1) is 28.1 Å². The summed E-state index contributed by atoms with van der Waals surface area (Å²) >= 11 is 0. The maximum atomic E-state index is 13.4. The normalized spacial score (nSPS) is 37.8. The van der Waals surface area contributed by atoms with Gasteiger partial charge in [-0.3, -0.25) is 9.59 Å². The van der Waals surface area contributed by atoms with Gasteiger partial charge in [-0.25, -0.2) is 0 Å². The van der Waals surface area contributed by atoms with Crippen LogP contribution in [0.5, 0.6) is 0 Å². The van der Waals surface area contributed by atoms with Crippen LogP contribution in [0.3, 0.4) is 0 Å². The van der Waals surface area contributed by atoms with Crippen molar-refractivity contribution in [2.45, 2.75) is 99.2 Å². The van der Waals surface area contributed by atoms with Crippen LogP contribution in [0.4, 0.5) is 0 Å². The van der Waals surface area contributed by atoms with Crippen LogP contribution in [0.1, 0.15) is 87.5 Å². The highest BCUT2D eigenvalue weighted by Gasteiger charge is 2.64. The van der Waals surface area contributed by atoms with Crippen molar-refractivity contribution in [2.24, 2.45) is 28.1 Å². The average molecular weight is 469 g/mol. The molecule has 0 radical (unpaired) electrons. The highest BCUT2D eigenvalue weighted by atomic mass is 16.3. The van der Waals surface area contributed by atoms with Crippen LogP contribution in [-0.2, 0) is 9.59 Å². The van der Waals surface area contributed by atoms with Crippen LogP contribution in [0.15, 0.2) is 47.1 Å². The van der Waals surface area contributed by atoms with Crippen LogP contribution in [-0.4, -0.2) is 33.5 Å². The number of fused-ring (bicyclic) bond motifs is 3. The number of hydrogen-bond donors (Lipinski definition) is 2. The van der Waals surface area contributed by atoms with E-state index in [-0.39, 0.29) is 39.8 Å². The van der Waals surface area contributed by atoms with Crippen LogP contribution in [0.25, 0.3) is 0 Å². The predicted molar refractivity (Wildman–Crippen MR) is 137 cm³/mol. The molecule has 5 atom stereocenters. The van der Waals surface area contributed by atoms with E-state index in [0.717, 1.165) is 36.8 Å². The van der Waals surface area contributed by atoms with Gasteiger partial charge in [0.25, 0.3) is 0 Å². The topological polar surface area (TPSA) is 74.6 Å². The molecule has 0 aromatic heterocycles. The standard InChI is InChI=1S/C30H44O4/c1-19(10-9-15-27(3,4)34)11-12-21(31)20(2)26-22(32)18-24-29(7)17-14-25(33)28(5,6)23(29)13-16-30(24,26)8/h9-12,15,23-25,33-34H,13-14,16-18H2,1-8H3/b12-11+,15-9+,19-10+,26-20+/t23?,24-,25-,29-,30-/m0/s1. The van der Waals surface area contributed by atoms with E-state index in [4.69, 9.17) is 0 Å². The fraction of sp³-hybridized carbons (Fsp3) is 0.667. The van der Waals surface area contributed by atoms with E-state index in [1.807, 2.05) is 19.9 Å². The molecule has 4 nitrogen and oxygen atoms in total. The van der Waals surface area contributed by atoms with E-state index in [1.165, 1.54) is 0 Å². The first-order valence-electron chi connectivity index (χ1n) is 12.8. The van der Waals surface area contributed by atoms with Crippen molar-refractivity contribution in [2.75, 3.05) is 0 Å². The molecular formula is C30H44O4. The Morgan fingerprint density at radius 2 is 1.68 bits per heavy atom. The second kappa shape index (κ2) is 9.02. The number of ketones is 2. The zero-order valence-electron chi connectivity index (χ0n) is 22.4. The van der Waals surface area contributed by atoms with Gasteiger partial charge in [0.1, 0.15) is 0 Å². The molecule has 0 aliphatic heterocycles. The van der Waals surface area contributed by atoms with E-state index in [9.17, 15) is 19.8 Å². The minimum Gasteiger partial charge on any atom is -0.393 e. The minimum absolute atomic E-state index is 0.0154. The number of carbonyl (C=O) groups excluding carboxylic acids is 2. The monoisotopic (exact) mass is 468 g/mol. The third kappa shape index (κ3) is 4.68. The van der Waals surface area contributed by atoms with E-state index in [1.54, 1.807) is 38.2 Å². The summed E-state index contributed by atoms with van der Waals surface area (Å²) in [6.07, 6.45) is 12.4. The fourth-order valence-electron chi connectivity index (χ4n) is 7.49. The Kier molecular flexibility index (Phi) is 7.12. The van der Waals surface area contributed by atoms with Gasteiger partial charge >= 0.3 is 0 Å². The first-order chi connectivity index (χ1) is 15.5. The quantitative estimate of drug-likeness (QED) is 0.389. The third-order valence-corrected chi connectivity index (χ3v) is 9.37. The highest BCUT2D eigenvalue weighted by molar-refractivity contribution is 6.12. The summed E-state index contributed by atoms with van der Waals surface area (Å²) in [6.45, 7) is 16.0. The number of aliphatic hydroxyl groups is 2. The number of allylic oxidation sites excluding steroid dienone is 7. The number of carbonyl (C=O) groups is 2. The molecule has 188 valence electrons. The lowest BCUT2D eigenvalue weighted by Crippen LogP contribution is -2.57. The molecule has 3 rings (SSSR count). The van der Waals surface area contributed by atoms with Crippen molar-refractivity contribution in [3.63, 3.8) is 0 Å². The molecule has 2 N–H and O–H groups in total. The Morgan fingerprint density at radius 1 is 1.03 bits per heavy atom. The van der Waals surface area contributed by atoms with Crippen molar-refractivity contribution >= 4 is 11.6 Å². The molecule has 0 amide bonds. The summed E-state index contributed by atoms with van der Waals surface area (Å²) in [4.78, 5) is 26.5. The van der Waals surface area contributed by atoms with Crippen molar-refractivity contribution < 1.29 is 19.8 Å². The van der Waals surface area contributed by atoms with Crippen LogP contribution >= 0.6 is 0 Å². The Labute approximate surface area is 205 Å². The number of Topliss-reactive ketones (excluding diaryl/α,β-unsaturated/α-hetero) is 1. The summed E-state index contributed by atoms with van der Waals surface area (Å²) < 4.78 is 0. The first-order valence-corrected chi connectivity index (χ1v) is 12.8. The Morgan fingerprint density at radius 3 is 2.29 bits per heavy atom. The van der Waals surface area contributed by atoms with E-state index in [2.05, 4.69) is 27.7 Å². The Bertz CT molecular complexity index is 970. The van der Waals surface area contributed by atoms with Gasteiger partial charge in [-0.05, 0) is 82.1 Å². The molecule has 3 fully saturated rings. The molecule has 3 aliphatic carbocycles. The SMILES string of the molecule is C/C(C(=O)/C=C/C(C)=C/C=C/C(C)(C)O)=C1/C(=O)C[C@H]2[C@@]3(C)CC[C@H](O)C(C)(C)C3CC[C@]12C. The summed E-state index contributed by atoms with van der Waals surface area (Å²) in [6, 6.07) is 0. The Hall–Kier alpha value is -1.78. The fourth-order valence-corrected chi connectivity index (χ4v) is 7.49. The van der Waals surface area contributed by atoms with Crippen molar-refractivity contribution in [1.29, 1.82) is 0 Å². The highest BCUT2D eigenvalue weighted by Crippen LogP contribution is 2.69. The van der Waals surface area contributed by atoms with Gasteiger partial charge in [0.2, 0.25) is 0 Å². The smallest absolute Gasteiger partial charge is 0.181 e. The molecule has 34 heavy (non-hydrogen) atoms. The van der Waals surface area contributed by atoms with Crippen LogP contribution in [0.2, 0.25) is 0 Å². The number of aliphatic hydroxyl groups excluding tert-OH is 1. The summed E-state index contributed by atoms with van der Waals surface area (Å²) in [5, 5.41) is 20.5. The van der Waals surface area contributed by atoms with Crippen molar-refractivity contribution in [3.05, 3.63) is 47.1 Å². The molecule has 0 saturated heterocycles. The molecule has 0 aromatic carbocycles. The lowest BCUT2D eigenvalue weighted by atomic mass is 9.43. The van der Waals surface area contributed by atoms with Gasteiger partial charge in [-0.1, -0.05) is 57.6 Å². The lowest BCUT2D eigenvalue weighted by molar-refractivity contribution is -0.158. The maximum Gasteiger partial charge on any atom is 0.181 e. The zero-order chi connectivity index (χ0) is 25.7. The lowest BCUT2D eigenvalue weighted by Gasteiger charge is -2.62. The first kappa shape index (κ1) is 26.8. The van der Waals surface area contributed by atoms with E-state index < -0.39 is 5.60 Å². The van der Waals surface area contributed by atoms with Gasteiger partial charge in [-0.2, -0.15) is 0 Å². The second-order valence-electron chi connectivity index (χ2n) is 12.7. The summed E-state index contributed by atoms with van der Waals surface area (Å²) in [7, 11) is 0. The molecule has 0 aromatic rings.